The molecule has 0 spiro atoms. The molecule has 0 fully saturated rings. The Morgan fingerprint density at radius 1 is 1.16 bits per heavy atom. The van der Waals surface area contributed by atoms with E-state index in [2.05, 4.69) is 13.8 Å². The minimum Gasteiger partial charge on any atom is -0.493 e. The maximum atomic E-state index is 10.2. The highest BCUT2D eigenvalue weighted by molar-refractivity contribution is 5.48. The zero-order valence-electron chi connectivity index (χ0n) is 12.2. The molecule has 2 atom stereocenters. The lowest BCUT2D eigenvalue weighted by Gasteiger charge is -2.22. The van der Waals surface area contributed by atoms with E-state index in [1.54, 1.807) is 14.2 Å². The summed E-state index contributed by atoms with van der Waals surface area (Å²) in [5.41, 5.74) is 6.92. The molecule has 0 aromatic heterocycles. The summed E-state index contributed by atoms with van der Waals surface area (Å²) in [4.78, 5) is 0. The number of rotatable bonds is 7. The second-order valence-corrected chi connectivity index (χ2v) is 5.15. The molecule has 1 aromatic rings. The van der Waals surface area contributed by atoms with E-state index in [0.717, 1.165) is 12.0 Å². The summed E-state index contributed by atoms with van der Waals surface area (Å²) in [7, 11) is 3.16. The van der Waals surface area contributed by atoms with E-state index in [9.17, 15) is 5.11 Å². The number of methoxy groups -OCH3 is 2. The number of aliphatic hydroxyl groups is 1. The van der Waals surface area contributed by atoms with Gasteiger partial charge in [0.15, 0.2) is 11.5 Å². The van der Waals surface area contributed by atoms with Crippen LogP contribution in [0.4, 0.5) is 0 Å². The first-order valence-electron chi connectivity index (χ1n) is 6.65. The lowest BCUT2D eigenvalue weighted by molar-refractivity contribution is 0.127. The van der Waals surface area contributed by atoms with E-state index in [1.807, 2.05) is 18.2 Å². The van der Waals surface area contributed by atoms with Crippen LogP contribution in [0, 0.1) is 5.92 Å². The van der Waals surface area contributed by atoms with Crippen LogP contribution >= 0.6 is 0 Å². The van der Waals surface area contributed by atoms with Crippen molar-refractivity contribution in [1.82, 2.24) is 0 Å². The highest BCUT2D eigenvalue weighted by atomic mass is 16.5. The van der Waals surface area contributed by atoms with Crippen molar-refractivity contribution in [2.75, 3.05) is 14.2 Å². The first-order chi connectivity index (χ1) is 9.01. The van der Waals surface area contributed by atoms with E-state index in [-0.39, 0.29) is 0 Å². The third-order valence-corrected chi connectivity index (χ3v) is 3.25. The molecule has 0 unspecified atom stereocenters. The van der Waals surface area contributed by atoms with Gasteiger partial charge >= 0.3 is 0 Å². The molecule has 4 heteroatoms. The van der Waals surface area contributed by atoms with Gasteiger partial charge in [-0.2, -0.15) is 0 Å². The van der Waals surface area contributed by atoms with Crippen LogP contribution in [0.5, 0.6) is 11.5 Å². The van der Waals surface area contributed by atoms with Gasteiger partial charge in [0.2, 0.25) is 0 Å². The minimum absolute atomic E-state index is 0.469. The molecule has 0 aliphatic carbocycles. The number of aliphatic hydroxyl groups excluding tert-OH is 1. The maximum absolute atomic E-state index is 10.2. The van der Waals surface area contributed by atoms with Crippen molar-refractivity contribution >= 4 is 0 Å². The topological polar surface area (TPSA) is 64.7 Å². The SMILES string of the molecule is COc1cccc([C@H](N)[C@H](O)CCC(C)C)c1OC. The Bertz CT molecular complexity index is 393. The Balaban J connectivity index is 2.89. The lowest BCUT2D eigenvalue weighted by Crippen LogP contribution is -2.27. The highest BCUT2D eigenvalue weighted by Crippen LogP contribution is 2.35. The lowest BCUT2D eigenvalue weighted by atomic mass is 9.95. The third-order valence-electron chi connectivity index (χ3n) is 3.25. The molecule has 19 heavy (non-hydrogen) atoms. The second-order valence-electron chi connectivity index (χ2n) is 5.15. The quantitative estimate of drug-likeness (QED) is 0.796. The molecule has 1 aromatic carbocycles. The average molecular weight is 267 g/mol. The van der Waals surface area contributed by atoms with Gasteiger partial charge in [0.25, 0.3) is 0 Å². The van der Waals surface area contributed by atoms with E-state index >= 15 is 0 Å². The van der Waals surface area contributed by atoms with Gasteiger partial charge in [-0.3, -0.25) is 0 Å². The van der Waals surface area contributed by atoms with Crippen LogP contribution in [0.1, 0.15) is 38.3 Å². The Labute approximate surface area is 115 Å². The summed E-state index contributed by atoms with van der Waals surface area (Å²) in [6.45, 7) is 4.26. The summed E-state index contributed by atoms with van der Waals surface area (Å²) in [5.74, 6) is 1.78. The van der Waals surface area contributed by atoms with Crippen molar-refractivity contribution in [2.24, 2.45) is 11.7 Å². The summed E-state index contributed by atoms with van der Waals surface area (Å²) in [5, 5.41) is 10.2. The Morgan fingerprint density at radius 2 is 1.84 bits per heavy atom. The summed E-state index contributed by atoms with van der Waals surface area (Å²) in [6, 6.07) is 5.06. The van der Waals surface area contributed by atoms with Gasteiger partial charge in [-0.25, -0.2) is 0 Å². The largest absolute Gasteiger partial charge is 0.493 e. The maximum Gasteiger partial charge on any atom is 0.165 e. The number of ether oxygens (including phenoxy) is 2. The number of hydrogen-bond donors (Lipinski definition) is 2. The summed E-state index contributed by atoms with van der Waals surface area (Å²) in [6.07, 6.45) is 1.05. The zero-order valence-corrected chi connectivity index (χ0v) is 12.2. The van der Waals surface area contributed by atoms with E-state index < -0.39 is 12.1 Å². The predicted octanol–water partition coefficient (Wildman–Crippen LogP) is 2.50. The molecular weight excluding hydrogens is 242 g/mol. The smallest absolute Gasteiger partial charge is 0.165 e. The van der Waals surface area contributed by atoms with Crippen molar-refractivity contribution in [1.29, 1.82) is 0 Å². The van der Waals surface area contributed by atoms with E-state index in [0.29, 0.717) is 23.8 Å². The van der Waals surface area contributed by atoms with Crippen LogP contribution in [-0.2, 0) is 0 Å². The molecule has 0 amide bonds. The van der Waals surface area contributed by atoms with Gasteiger partial charge in [0.1, 0.15) is 0 Å². The monoisotopic (exact) mass is 267 g/mol. The first-order valence-corrected chi connectivity index (χ1v) is 6.65. The van der Waals surface area contributed by atoms with E-state index in [4.69, 9.17) is 15.2 Å². The van der Waals surface area contributed by atoms with Crippen molar-refractivity contribution in [3.63, 3.8) is 0 Å². The van der Waals surface area contributed by atoms with Crippen molar-refractivity contribution in [3.05, 3.63) is 23.8 Å². The van der Waals surface area contributed by atoms with Gasteiger partial charge in [-0.05, 0) is 24.8 Å². The number of para-hydroxylation sites is 1. The average Bonchev–Trinajstić information content (AvgIpc) is 2.42. The van der Waals surface area contributed by atoms with Gasteiger partial charge in [0, 0.05) is 5.56 Å². The normalized spacial score (nSPS) is 14.3. The van der Waals surface area contributed by atoms with Crippen LogP contribution in [0.15, 0.2) is 18.2 Å². The number of nitrogens with two attached hydrogens (primary N) is 1. The predicted molar refractivity (Wildman–Crippen MR) is 76.6 cm³/mol. The summed E-state index contributed by atoms with van der Waals surface area (Å²) >= 11 is 0. The van der Waals surface area contributed by atoms with Crippen LogP contribution < -0.4 is 15.2 Å². The van der Waals surface area contributed by atoms with Crippen LogP contribution in [0.3, 0.4) is 0 Å². The minimum atomic E-state index is -0.580. The summed E-state index contributed by atoms with van der Waals surface area (Å²) < 4.78 is 10.6. The van der Waals surface area contributed by atoms with E-state index in [1.165, 1.54) is 0 Å². The van der Waals surface area contributed by atoms with Crippen molar-refractivity contribution < 1.29 is 14.6 Å². The number of benzene rings is 1. The first kappa shape index (κ1) is 15.8. The zero-order chi connectivity index (χ0) is 14.4. The van der Waals surface area contributed by atoms with Crippen LogP contribution in [0.25, 0.3) is 0 Å². The Morgan fingerprint density at radius 3 is 2.37 bits per heavy atom. The third kappa shape index (κ3) is 4.11. The van der Waals surface area contributed by atoms with Gasteiger partial charge in [-0.1, -0.05) is 26.0 Å². The van der Waals surface area contributed by atoms with Gasteiger partial charge < -0.3 is 20.3 Å². The molecule has 0 bridgehead atoms. The molecule has 0 saturated heterocycles. The van der Waals surface area contributed by atoms with Crippen LogP contribution in [-0.4, -0.2) is 25.4 Å². The second kappa shape index (κ2) is 7.36. The van der Waals surface area contributed by atoms with Gasteiger partial charge in [-0.15, -0.1) is 0 Å². The Hall–Kier alpha value is -1.26. The molecule has 108 valence electrons. The molecular formula is C15H25NO3. The van der Waals surface area contributed by atoms with Gasteiger partial charge in [0.05, 0.1) is 26.4 Å². The molecule has 0 heterocycles. The van der Waals surface area contributed by atoms with Crippen LogP contribution in [0.2, 0.25) is 0 Å². The fourth-order valence-corrected chi connectivity index (χ4v) is 2.07. The standard InChI is InChI=1S/C15H25NO3/c1-10(2)8-9-12(17)14(16)11-6-5-7-13(18-3)15(11)19-4/h5-7,10,12,14,17H,8-9,16H2,1-4H3/t12-,14+/m1/s1. The molecule has 0 radical (unpaired) electrons. The highest BCUT2D eigenvalue weighted by Gasteiger charge is 2.22. The fourth-order valence-electron chi connectivity index (χ4n) is 2.07. The molecule has 4 nitrogen and oxygen atoms in total. The molecule has 3 N–H and O–H groups in total. The van der Waals surface area contributed by atoms with Crippen molar-refractivity contribution in [2.45, 2.75) is 38.8 Å². The molecule has 1 rings (SSSR count). The molecule has 0 aliphatic heterocycles. The Kier molecular flexibility index (Phi) is 6.12. The number of hydrogen-bond acceptors (Lipinski definition) is 4. The molecule has 0 saturated carbocycles. The molecule has 0 aliphatic rings. The fraction of sp³-hybridized carbons (Fsp3) is 0.600. The van der Waals surface area contributed by atoms with Crippen molar-refractivity contribution in [3.8, 4) is 11.5 Å².